The summed E-state index contributed by atoms with van der Waals surface area (Å²) in [7, 11) is 0. The maximum Gasteiger partial charge on any atom is 0.518 e. The molecule has 0 saturated carbocycles. The van der Waals surface area contributed by atoms with Crippen LogP contribution in [-0.2, 0) is 11.2 Å². The second-order valence-corrected chi connectivity index (χ2v) is 2.73. The van der Waals surface area contributed by atoms with E-state index in [1.54, 1.807) is 0 Å². The van der Waals surface area contributed by atoms with Crippen LogP contribution in [0.1, 0.15) is 25.0 Å². The SMILES string of the molecule is NC(=O)CCCCc1coc(=O)o1. The normalized spacial score (nSPS) is 10.2. The third-order valence-corrected chi connectivity index (χ3v) is 1.60. The van der Waals surface area contributed by atoms with Gasteiger partial charge < -0.3 is 14.6 Å². The Morgan fingerprint density at radius 2 is 2.23 bits per heavy atom. The number of primary amides is 1. The summed E-state index contributed by atoms with van der Waals surface area (Å²) in [5, 5.41) is 0. The van der Waals surface area contributed by atoms with Gasteiger partial charge in [0.2, 0.25) is 5.91 Å². The number of unbranched alkanes of at least 4 members (excludes halogenated alkanes) is 1. The van der Waals surface area contributed by atoms with E-state index >= 15 is 0 Å². The molecule has 0 fully saturated rings. The molecule has 0 aliphatic heterocycles. The molecule has 0 aliphatic rings. The van der Waals surface area contributed by atoms with E-state index in [1.807, 2.05) is 0 Å². The highest BCUT2D eigenvalue weighted by molar-refractivity contribution is 5.73. The lowest BCUT2D eigenvalue weighted by Crippen LogP contribution is -2.09. The van der Waals surface area contributed by atoms with E-state index in [0.717, 1.165) is 6.42 Å². The predicted octanol–water partition coefficient (Wildman–Crippen LogP) is 0.431. The Bertz CT molecular complexity index is 325. The molecule has 2 N–H and O–H groups in total. The Labute approximate surface area is 74.5 Å². The quantitative estimate of drug-likeness (QED) is 0.674. The Balaban J connectivity index is 2.20. The molecular formula is C8H11NO4. The Kier molecular flexibility index (Phi) is 3.31. The average Bonchev–Trinajstić information content (AvgIpc) is 2.45. The van der Waals surface area contributed by atoms with Gasteiger partial charge in [-0.2, -0.15) is 0 Å². The summed E-state index contributed by atoms with van der Waals surface area (Å²) in [6, 6.07) is 0. The first-order valence-electron chi connectivity index (χ1n) is 4.04. The number of aryl methyl sites for hydroxylation is 1. The second kappa shape index (κ2) is 4.49. The molecule has 0 saturated heterocycles. The zero-order chi connectivity index (χ0) is 9.68. The van der Waals surface area contributed by atoms with E-state index in [4.69, 9.17) is 5.73 Å². The topological polar surface area (TPSA) is 86.4 Å². The van der Waals surface area contributed by atoms with Crippen molar-refractivity contribution in [3.05, 3.63) is 22.6 Å². The molecule has 1 aromatic rings. The van der Waals surface area contributed by atoms with E-state index in [-0.39, 0.29) is 5.91 Å². The number of hydrogen-bond acceptors (Lipinski definition) is 4. The van der Waals surface area contributed by atoms with E-state index < -0.39 is 5.82 Å². The molecule has 13 heavy (non-hydrogen) atoms. The highest BCUT2D eigenvalue weighted by atomic mass is 16.6. The van der Waals surface area contributed by atoms with Crippen LogP contribution >= 0.6 is 0 Å². The summed E-state index contributed by atoms with van der Waals surface area (Å²) >= 11 is 0. The van der Waals surface area contributed by atoms with E-state index in [0.29, 0.717) is 25.0 Å². The van der Waals surface area contributed by atoms with Crippen molar-refractivity contribution in [2.45, 2.75) is 25.7 Å². The molecule has 1 heterocycles. The lowest BCUT2D eigenvalue weighted by molar-refractivity contribution is -0.118. The first-order valence-corrected chi connectivity index (χ1v) is 4.04. The molecule has 0 bridgehead atoms. The third-order valence-electron chi connectivity index (χ3n) is 1.60. The Morgan fingerprint density at radius 3 is 2.77 bits per heavy atom. The minimum absolute atomic E-state index is 0.311. The predicted molar refractivity (Wildman–Crippen MR) is 44.0 cm³/mol. The minimum atomic E-state index is -0.690. The van der Waals surface area contributed by atoms with Gasteiger partial charge in [0.05, 0.1) is 0 Å². The van der Waals surface area contributed by atoms with E-state index in [1.165, 1.54) is 6.26 Å². The van der Waals surface area contributed by atoms with Crippen LogP contribution in [0, 0.1) is 0 Å². The van der Waals surface area contributed by atoms with Gasteiger partial charge in [0.1, 0.15) is 12.0 Å². The number of carbonyl (C=O) groups is 1. The van der Waals surface area contributed by atoms with Crippen LogP contribution in [0.2, 0.25) is 0 Å². The summed E-state index contributed by atoms with van der Waals surface area (Å²) in [6.45, 7) is 0. The van der Waals surface area contributed by atoms with Gasteiger partial charge >= 0.3 is 5.82 Å². The van der Waals surface area contributed by atoms with Crippen LogP contribution in [-0.4, -0.2) is 5.91 Å². The molecular weight excluding hydrogens is 174 g/mol. The van der Waals surface area contributed by atoms with Gasteiger partial charge in [0, 0.05) is 12.8 Å². The molecule has 0 unspecified atom stereocenters. The lowest BCUT2D eigenvalue weighted by Gasteiger charge is -1.93. The van der Waals surface area contributed by atoms with Crippen LogP contribution in [0.25, 0.3) is 0 Å². The second-order valence-electron chi connectivity index (χ2n) is 2.73. The smallest absolute Gasteiger partial charge is 0.399 e. The first-order chi connectivity index (χ1) is 6.18. The number of amides is 1. The number of hydrogen-bond donors (Lipinski definition) is 1. The summed E-state index contributed by atoms with van der Waals surface area (Å²) in [5.74, 6) is -0.493. The van der Waals surface area contributed by atoms with Crippen LogP contribution < -0.4 is 11.6 Å². The van der Waals surface area contributed by atoms with Crippen molar-refractivity contribution in [1.29, 1.82) is 0 Å². The molecule has 0 atom stereocenters. The lowest BCUT2D eigenvalue weighted by atomic mass is 10.2. The number of rotatable bonds is 5. The van der Waals surface area contributed by atoms with Crippen molar-refractivity contribution in [2.24, 2.45) is 5.73 Å². The van der Waals surface area contributed by atoms with E-state index in [9.17, 15) is 9.59 Å². The summed E-state index contributed by atoms with van der Waals surface area (Å²) < 4.78 is 9.08. The third kappa shape index (κ3) is 3.59. The standard InChI is InChI=1S/C8H11NO4/c9-7(10)4-2-1-3-6-5-12-8(11)13-6/h5H,1-4H2,(H2,9,10). The van der Waals surface area contributed by atoms with Gasteiger partial charge in [-0.25, -0.2) is 4.79 Å². The molecule has 0 aromatic carbocycles. The zero-order valence-electron chi connectivity index (χ0n) is 7.12. The number of carbonyl (C=O) groups excluding carboxylic acids is 1. The largest absolute Gasteiger partial charge is 0.518 e. The first kappa shape index (κ1) is 9.57. The summed E-state index contributed by atoms with van der Waals surface area (Å²) in [4.78, 5) is 20.8. The van der Waals surface area contributed by atoms with Crippen molar-refractivity contribution in [3.8, 4) is 0 Å². The number of nitrogens with two attached hydrogens (primary N) is 1. The van der Waals surface area contributed by atoms with Crippen LogP contribution in [0.3, 0.4) is 0 Å². The van der Waals surface area contributed by atoms with Crippen molar-refractivity contribution >= 4 is 5.91 Å². The Morgan fingerprint density at radius 1 is 1.46 bits per heavy atom. The fourth-order valence-corrected chi connectivity index (χ4v) is 0.977. The van der Waals surface area contributed by atoms with Crippen LogP contribution in [0.15, 0.2) is 19.9 Å². The van der Waals surface area contributed by atoms with Crippen molar-refractivity contribution in [3.63, 3.8) is 0 Å². The molecule has 0 aliphatic carbocycles. The van der Waals surface area contributed by atoms with Gasteiger partial charge in [-0.3, -0.25) is 4.79 Å². The zero-order valence-corrected chi connectivity index (χ0v) is 7.12. The highest BCUT2D eigenvalue weighted by Gasteiger charge is 2.01. The Hall–Kier alpha value is -1.52. The van der Waals surface area contributed by atoms with Crippen molar-refractivity contribution in [2.75, 3.05) is 0 Å². The van der Waals surface area contributed by atoms with E-state index in [2.05, 4.69) is 8.83 Å². The highest BCUT2D eigenvalue weighted by Crippen LogP contribution is 2.04. The maximum atomic E-state index is 10.4. The summed E-state index contributed by atoms with van der Waals surface area (Å²) in [6.07, 6.45) is 3.70. The fourth-order valence-electron chi connectivity index (χ4n) is 0.977. The van der Waals surface area contributed by atoms with Crippen LogP contribution in [0.4, 0.5) is 0 Å². The van der Waals surface area contributed by atoms with Crippen molar-refractivity contribution < 1.29 is 13.6 Å². The molecule has 5 nitrogen and oxygen atoms in total. The molecule has 72 valence electrons. The van der Waals surface area contributed by atoms with Crippen LogP contribution in [0.5, 0.6) is 0 Å². The summed E-state index contributed by atoms with van der Waals surface area (Å²) in [5.41, 5.74) is 4.95. The van der Waals surface area contributed by atoms with Gasteiger partial charge in [0.15, 0.2) is 0 Å². The molecule has 1 aromatic heterocycles. The minimum Gasteiger partial charge on any atom is -0.399 e. The molecule has 0 spiro atoms. The average molecular weight is 185 g/mol. The molecule has 5 heteroatoms. The van der Waals surface area contributed by atoms with Gasteiger partial charge in [-0.15, -0.1) is 0 Å². The molecule has 0 radical (unpaired) electrons. The fraction of sp³-hybridized carbons (Fsp3) is 0.500. The monoisotopic (exact) mass is 185 g/mol. The van der Waals surface area contributed by atoms with Gasteiger partial charge in [-0.05, 0) is 12.8 Å². The maximum absolute atomic E-state index is 10.4. The molecule has 1 amide bonds. The van der Waals surface area contributed by atoms with Crippen molar-refractivity contribution in [1.82, 2.24) is 0 Å². The van der Waals surface area contributed by atoms with Gasteiger partial charge in [-0.1, -0.05) is 0 Å². The van der Waals surface area contributed by atoms with Gasteiger partial charge in [0.25, 0.3) is 0 Å². The molecule has 1 rings (SSSR count).